The van der Waals surface area contributed by atoms with Crippen molar-refractivity contribution in [3.8, 4) is 5.69 Å². The van der Waals surface area contributed by atoms with Gasteiger partial charge in [0, 0.05) is 6.04 Å². The lowest BCUT2D eigenvalue weighted by Crippen LogP contribution is -2.44. The second kappa shape index (κ2) is 6.78. The van der Waals surface area contributed by atoms with Crippen molar-refractivity contribution in [3.63, 3.8) is 0 Å². The van der Waals surface area contributed by atoms with Crippen molar-refractivity contribution < 1.29 is 4.79 Å². The van der Waals surface area contributed by atoms with Crippen molar-refractivity contribution in [2.45, 2.75) is 45.7 Å². The summed E-state index contributed by atoms with van der Waals surface area (Å²) >= 11 is 0. The summed E-state index contributed by atoms with van der Waals surface area (Å²) in [5.41, 5.74) is 2.15. The molecule has 1 atom stereocenters. The molecule has 1 heterocycles. The van der Waals surface area contributed by atoms with Gasteiger partial charge in [0.25, 0.3) is 5.56 Å². The Balaban J connectivity index is 1.98. The molecule has 1 aliphatic carbocycles. The number of aryl methyl sites for hydroxylation is 2. The van der Waals surface area contributed by atoms with Crippen LogP contribution in [-0.4, -0.2) is 21.1 Å². The number of rotatable bonds is 4. The fourth-order valence-electron chi connectivity index (χ4n) is 3.42. The lowest BCUT2D eigenvalue weighted by molar-refractivity contribution is -0.124. The fourth-order valence-corrected chi connectivity index (χ4v) is 3.42. The van der Waals surface area contributed by atoms with Gasteiger partial charge in [0.2, 0.25) is 5.91 Å². The Labute approximate surface area is 162 Å². The summed E-state index contributed by atoms with van der Waals surface area (Å²) in [5, 5.41) is 3.36. The molecule has 0 aliphatic heterocycles. The number of fused-ring (bicyclic) bond motifs is 1. The molecule has 1 fully saturated rings. The number of benzene rings is 2. The number of nitrogens with one attached hydrogen (secondary N) is 1. The van der Waals surface area contributed by atoms with Crippen LogP contribution < -0.4 is 16.6 Å². The number of amides is 1. The molecule has 6 heteroatoms. The summed E-state index contributed by atoms with van der Waals surface area (Å²) in [6.45, 7) is 5.61. The fraction of sp³-hybridized carbons (Fsp3) is 0.318. The standard InChI is InChI=1S/C22H23N3O3/c1-13-8-11-17(12-14(13)2)25-21(27)18-6-4-5-7-19(18)24(22(25)28)15(3)20(26)23-16-9-10-16/h4-8,11-12,15-16H,9-10H2,1-3H3,(H,23,26). The first-order valence-corrected chi connectivity index (χ1v) is 9.53. The molecule has 2 aromatic carbocycles. The first kappa shape index (κ1) is 18.2. The minimum absolute atomic E-state index is 0.197. The highest BCUT2D eigenvalue weighted by atomic mass is 16.2. The van der Waals surface area contributed by atoms with E-state index in [4.69, 9.17) is 0 Å². The van der Waals surface area contributed by atoms with E-state index in [1.807, 2.05) is 26.0 Å². The summed E-state index contributed by atoms with van der Waals surface area (Å²) < 4.78 is 2.58. The average molecular weight is 377 g/mol. The van der Waals surface area contributed by atoms with Crippen LogP contribution in [0.15, 0.2) is 52.1 Å². The monoisotopic (exact) mass is 377 g/mol. The van der Waals surface area contributed by atoms with Crippen molar-refractivity contribution in [2.24, 2.45) is 0 Å². The van der Waals surface area contributed by atoms with Gasteiger partial charge in [0.05, 0.1) is 16.6 Å². The van der Waals surface area contributed by atoms with E-state index in [0.717, 1.165) is 28.5 Å². The molecule has 3 aromatic rings. The molecular formula is C22H23N3O3. The van der Waals surface area contributed by atoms with Crippen LogP contribution in [-0.2, 0) is 4.79 Å². The molecule has 0 saturated heterocycles. The second-order valence-electron chi connectivity index (χ2n) is 7.54. The maximum atomic E-state index is 13.4. The van der Waals surface area contributed by atoms with E-state index in [-0.39, 0.29) is 17.5 Å². The molecule has 1 aromatic heterocycles. The molecule has 0 radical (unpaired) electrons. The van der Waals surface area contributed by atoms with Crippen LogP contribution in [0, 0.1) is 13.8 Å². The van der Waals surface area contributed by atoms with Crippen LogP contribution in [0.25, 0.3) is 16.6 Å². The molecule has 0 bridgehead atoms. The third-order valence-corrected chi connectivity index (χ3v) is 5.43. The summed E-state index contributed by atoms with van der Waals surface area (Å²) in [4.78, 5) is 39.2. The molecular weight excluding hydrogens is 354 g/mol. The smallest absolute Gasteiger partial charge is 0.336 e. The van der Waals surface area contributed by atoms with Crippen molar-refractivity contribution in [3.05, 3.63) is 74.4 Å². The van der Waals surface area contributed by atoms with E-state index in [2.05, 4.69) is 5.32 Å². The summed E-state index contributed by atoms with van der Waals surface area (Å²) in [6, 6.07) is 11.9. The Morgan fingerprint density at radius 1 is 1.07 bits per heavy atom. The van der Waals surface area contributed by atoms with E-state index in [1.165, 1.54) is 4.57 Å². The van der Waals surface area contributed by atoms with Gasteiger partial charge < -0.3 is 5.32 Å². The van der Waals surface area contributed by atoms with Gasteiger partial charge in [-0.25, -0.2) is 9.36 Å². The third-order valence-electron chi connectivity index (χ3n) is 5.43. The zero-order valence-corrected chi connectivity index (χ0v) is 16.2. The highest BCUT2D eigenvalue weighted by Crippen LogP contribution is 2.21. The molecule has 1 N–H and O–H groups in total. The van der Waals surface area contributed by atoms with Crippen molar-refractivity contribution in [1.82, 2.24) is 14.5 Å². The van der Waals surface area contributed by atoms with Gasteiger partial charge in [-0.1, -0.05) is 18.2 Å². The zero-order chi connectivity index (χ0) is 20.0. The Morgan fingerprint density at radius 3 is 2.46 bits per heavy atom. The Hall–Kier alpha value is -3.15. The highest BCUT2D eigenvalue weighted by Gasteiger charge is 2.28. The summed E-state index contributed by atoms with van der Waals surface area (Å²) in [6.07, 6.45) is 1.94. The molecule has 28 heavy (non-hydrogen) atoms. The lowest BCUT2D eigenvalue weighted by Gasteiger charge is -2.19. The van der Waals surface area contributed by atoms with Crippen LogP contribution in [0.2, 0.25) is 0 Å². The van der Waals surface area contributed by atoms with Crippen LogP contribution in [0.4, 0.5) is 0 Å². The van der Waals surface area contributed by atoms with Crippen LogP contribution in [0.3, 0.4) is 0 Å². The van der Waals surface area contributed by atoms with Gasteiger partial charge in [-0.05, 0) is 69.0 Å². The number of carbonyl (C=O) groups is 1. The van der Waals surface area contributed by atoms with Gasteiger partial charge in [-0.15, -0.1) is 0 Å². The van der Waals surface area contributed by atoms with Crippen LogP contribution >= 0.6 is 0 Å². The van der Waals surface area contributed by atoms with E-state index >= 15 is 0 Å². The van der Waals surface area contributed by atoms with Gasteiger partial charge in [0.1, 0.15) is 6.04 Å². The van der Waals surface area contributed by atoms with Gasteiger partial charge in [-0.3, -0.25) is 14.2 Å². The Morgan fingerprint density at radius 2 is 1.79 bits per heavy atom. The SMILES string of the molecule is Cc1ccc(-n2c(=O)c3ccccc3n(C(C)C(=O)NC3CC3)c2=O)cc1C. The maximum absolute atomic E-state index is 13.4. The van der Waals surface area contributed by atoms with Crippen molar-refractivity contribution in [1.29, 1.82) is 0 Å². The topological polar surface area (TPSA) is 73.1 Å². The maximum Gasteiger partial charge on any atom is 0.336 e. The summed E-state index contributed by atoms with van der Waals surface area (Å²) in [5.74, 6) is -0.208. The van der Waals surface area contributed by atoms with Crippen LogP contribution in [0.5, 0.6) is 0 Å². The number of para-hydroxylation sites is 1. The molecule has 6 nitrogen and oxygen atoms in total. The van der Waals surface area contributed by atoms with E-state index in [9.17, 15) is 14.4 Å². The minimum Gasteiger partial charge on any atom is -0.352 e. The molecule has 1 saturated carbocycles. The Kier molecular flexibility index (Phi) is 4.41. The molecule has 0 spiro atoms. The molecule has 144 valence electrons. The lowest BCUT2D eigenvalue weighted by atomic mass is 10.1. The highest BCUT2D eigenvalue weighted by molar-refractivity contribution is 5.84. The van der Waals surface area contributed by atoms with Crippen LogP contribution in [0.1, 0.15) is 36.9 Å². The molecule has 1 amide bonds. The largest absolute Gasteiger partial charge is 0.352 e. The summed E-state index contributed by atoms with van der Waals surface area (Å²) in [7, 11) is 0. The number of nitrogens with zero attached hydrogens (tertiary/aromatic N) is 2. The number of carbonyl (C=O) groups excluding carboxylic acids is 1. The minimum atomic E-state index is -0.726. The van der Waals surface area contributed by atoms with E-state index in [0.29, 0.717) is 16.6 Å². The van der Waals surface area contributed by atoms with Gasteiger partial charge in [0.15, 0.2) is 0 Å². The van der Waals surface area contributed by atoms with Crippen molar-refractivity contribution in [2.75, 3.05) is 0 Å². The van der Waals surface area contributed by atoms with Crippen molar-refractivity contribution >= 4 is 16.8 Å². The average Bonchev–Trinajstić information content (AvgIpc) is 3.48. The van der Waals surface area contributed by atoms with Gasteiger partial charge in [-0.2, -0.15) is 0 Å². The number of hydrogen-bond donors (Lipinski definition) is 1. The number of hydrogen-bond acceptors (Lipinski definition) is 3. The normalized spacial score (nSPS) is 14.8. The predicted octanol–water partition coefficient (Wildman–Crippen LogP) is 2.61. The predicted molar refractivity (Wildman–Crippen MR) is 109 cm³/mol. The molecule has 1 unspecified atom stereocenters. The third kappa shape index (κ3) is 3.05. The quantitative estimate of drug-likeness (QED) is 0.760. The molecule has 4 rings (SSSR count). The zero-order valence-electron chi connectivity index (χ0n) is 16.2. The van der Waals surface area contributed by atoms with E-state index in [1.54, 1.807) is 37.3 Å². The Bertz CT molecular complexity index is 1200. The number of aromatic nitrogens is 2. The first-order chi connectivity index (χ1) is 13.4. The van der Waals surface area contributed by atoms with Gasteiger partial charge >= 0.3 is 5.69 Å². The second-order valence-corrected chi connectivity index (χ2v) is 7.54. The molecule has 1 aliphatic rings. The van der Waals surface area contributed by atoms with E-state index < -0.39 is 11.7 Å². The first-order valence-electron chi connectivity index (χ1n) is 9.53.